The number of ether oxygens (including phenoxy) is 2. The second kappa shape index (κ2) is 10.6. The first-order chi connectivity index (χ1) is 14.5. The van der Waals surface area contributed by atoms with Gasteiger partial charge in [-0.25, -0.2) is 5.43 Å². The minimum absolute atomic E-state index is 0.114. The number of rotatable bonds is 8. The van der Waals surface area contributed by atoms with Crippen LogP contribution in [0.1, 0.15) is 22.3 Å². The molecule has 3 aromatic rings. The highest BCUT2D eigenvalue weighted by molar-refractivity contribution is 9.10. The number of nitrogens with one attached hydrogen (secondary N) is 1. The zero-order valence-corrected chi connectivity index (χ0v) is 18.5. The summed E-state index contributed by atoms with van der Waals surface area (Å²) in [5.74, 6) is 1.03. The van der Waals surface area contributed by atoms with Crippen LogP contribution in [0.4, 0.5) is 0 Å². The van der Waals surface area contributed by atoms with Gasteiger partial charge in [0.25, 0.3) is 5.91 Å². The van der Waals surface area contributed by atoms with Crippen LogP contribution in [0.3, 0.4) is 0 Å². The molecule has 3 rings (SSSR count). The van der Waals surface area contributed by atoms with Crippen LogP contribution in [0.15, 0.2) is 76.3 Å². The lowest BCUT2D eigenvalue weighted by Crippen LogP contribution is -2.24. The van der Waals surface area contributed by atoms with Gasteiger partial charge in [-0.3, -0.25) is 4.79 Å². The van der Waals surface area contributed by atoms with E-state index in [0.717, 1.165) is 26.7 Å². The van der Waals surface area contributed by atoms with Gasteiger partial charge in [-0.05, 0) is 54.8 Å². The maximum absolute atomic E-state index is 12.1. The highest BCUT2D eigenvalue weighted by atomic mass is 79.9. The van der Waals surface area contributed by atoms with Gasteiger partial charge in [-0.2, -0.15) is 5.10 Å². The number of nitrogens with zero attached hydrogens (tertiary/aromatic N) is 1. The highest BCUT2D eigenvalue weighted by Crippen LogP contribution is 2.23. The Morgan fingerprint density at radius 3 is 2.60 bits per heavy atom. The summed E-state index contributed by atoms with van der Waals surface area (Å²) in [5, 5.41) is 4.05. The van der Waals surface area contributed by atoms with E-state index in [1.165, 1.54) is 0 Å². The fourth-order valence-electron chi connectivity index (χ4n) is 2.70. The first-order valence-electron chi connectivity index (χ1n) is 9.49. The molecule has 6 heteroatoms. The lowest BCUT2D eigenvalue weighted by molar-refractivity contribution is -0.123. The van der Waals surface area contributed by atoms with Crippen molar-refractivity contribution in [3.63, 3.8) is 0 Å². The third-order valence-corrected chi connectivity index (χ3v) is 4.80. The number of benzene rings is 3. The molecule has 0 bridgehead atoms. The second-order valence-electron chi connectivity index (χ2n) is 6.81. The second-order valence-corrected chi connectivity index (χ2v) is 7.72. The maximum Gasteiger partial charge on any atom is 0.277 e. The minimum Gasteiger partial charge on any atom is -0.488 e. The predicted molar refractivity (Wildman–Crippen MR) is 122 cm³/mol. The van der Waals surface area contributed by atoms with Crippen molar-refractivity contribution in [2.75, 3.05) is 6.61 Å². The number of hydrogen-bond donors (Lipinski definition) is 1. The minimum atomic E-state index is -0.339. The van der Waals surface area contributed by atoms with Crippen molar-refractivity contribution in [2.45, 2.75) is 20.5 Å². The maximum atomic E-state index is 12.1. The monoisotopic (exact) mass is 466 g/mol. The normalized spacial score (nSPS) is 10.8. The number of carbonyl (C=O) groups is 1. The molecule has 3 aromatic carbocycles. The Labute approximate surface area is 184 Å². The number of hydrogen-bond acceptors (Lipinski definition) is 4. The van der Waals surface area contributed by atoms with Gasteiger partial charge in [0.2, 0.25) is 0 Å². The van der Waals surface area contributed by atoms with Gasteiger partial charge in [-0.15, -0.1) is 0 Å². The van der Waals surface area contributed by atoms with Gasteiger partial charge >= 0.3 is 0 Å². The Morgan fingerprint density at radius 2 is 1.80 bits per heavy atom. The molecular formula is C24H23BrN2O3. The van der Waals surface area contributed by atoms with Gasteiger partial charge < -0.3 is 9.47 Å². The molecule has 30 heavy (non-hydrogen) atoms. The van der Waals surface area contributed by atoms with Crippen molar-refractivity contribution in [3.8, 4) is 11.5 Å². The number of aryl methyl sites for hydroxylation is 2. The first-order valence-corrected chi connectivity index (χ1v) is 10.3. The van der Waals surface area contributed by atoms with Gasteiger partial charge in [-0.1, -0.05) is 58.4 Å². The molecule has 5 nitrogen and oxygen atoms in total. The number of halogens is 1. The Balaban J connectivity index is 1.57. The summed E-state index contributed by atoms with van der Waals surface area (Å²) >= 11 is 3.45. The summed E-state index contributed by atoms with van der Waals surface area (Å²) in [6.45, 7) is 4.25. The van der Waals surface area contributed by atoms with Crippen molar-refractivity contribution < 1.29 is 14.3 Å². The average Bonchev–Trinajstić information content (AvgIpc) is 2.74. The van der Waals surface area contributed by atoms with Crippen LogP contribution in [0, 0.1) is 13.8 Å². The zero-order valence-electron chi connectivity index (χ0n) is 16.9. The van der Waals surface area contributed by atoms with Gasteiger partial charge in [0.15, 0.2) is 6.61 Å². The predicted octanol–water partition coefficient (Wildman–Crippen LogP) is 5.17. The van der Waals surface area contributed by atoms with Crippen molar-refractivity contribution in [2.24, 2.45) is 5.10 Å². The molecule has 1 amide bonds. The Morgan fingerprint density at radius 1 is 1.00 bits per heavy atom. The fourth-order valence-corrected chi connectivity index (χ4v) is 3.08. The topological polar surface area (TPSA) is 59.9 Å². The van der Waals surface area contributed by atoms with E-state index >= 15 is 0 Å². The molecule has 0 aliphatic heterocycles. The van der Waals surface area contributed by atoms with E-state index in [0.29, 0.717) is 18.1 Å². The summed E-state index contributed by atoms with van der Waals surface area (Å²) in [4.78, 5) is 12.1. The molecule has 0 saturated heterocycles. The summed E-state index contributed by atoms with van der Waals surface area (Å²) in [6.07, 6.45) is 1.56. The molecule has 154 valence electrons. The van der Waals surface area contributed by atoms with Crippen LogP contribution in [0.5, 0.6) is 11.5 Å². The van der Waals surface area contributed by atoms with E-state index in [4.69, 9.17) is 9.47 Å². The molecule has 0 aliphatic rings. The highest BCUT2D eigenvalue weighted by Gasteiger charge is 2.06. The van der Waals surface area contributed by atoms with Crippen LogP contribution in [-0.2, 0) is 11.4 Å². The van der Waals surface area contributed by atoms with Crippen LogP contribution in [0.2, 0.25) is 0 Å². The fraction of sp³-hybridized carbons (Fsp3) is 0.167. The van der Waals surface area contributed by atoms with Crippen LogP contribution in [0.25, 0.3) is 0 Å². The lowest BCUT2D eigenvalue weighted by atomic mass is 10.1. The van der Waals surface area contributed by atoms with Gasteiger partial charge in [0.05, 0.1) is 6.21 Å². The number of hydrazone groups is 1. The largest absolute Gasteiger partial charge is 0.488 e. The SMILES string of the molecule is Cc1ccc(C)c(OCC(=O)NN=Cc2cc(Br)ccc2OCc2ccccc2)c1. The van der Waals surface area contributed by atoms with Gasteiger partial charge in [0.1, 0.15) is 18.1 Å². The third kappa shape index (κ3) is 6.46. The summed E-state index contributed by atoms with van der Waals surface area (Å²) in [6, 6.07) is 21.4. The molecule has 0 aromatic heterocycles. The van der Waals surface area contributed by atoms with Crippen molar-refractivity contribution >= 4 is 28.1 Å². The van der Waals surface area contributed by atoms with E-state index in [2.05, 4.69) is 26.5 Å². The summed E-state index contributed by atoms with van der Waals surface area (Å²) in [7, 11) is 0. The standard InChI is InChI=1S/C24H23BrN2O3/c1-17-8-9-18(2)23(12-17)30-16-24(28)27-26-14-20-13-21(25)10-11-22(20)29-15-19-6-4-3-5-7-19/h3-14H,15-16H2,1-2H3,(H,27,28). The van der Waals surface area contributed by atoms with E-state index in [9.17, 15) is 4.79 Å². The average molecular weight is 467 g/mol. The lowest BCUT2D eigenvalue weighted by Gasteiger charge is -2.10. The molecule has 0 unspecified atom stereocenters. The molecule has 1 N–H and O–H groups in total. The first kappa shape index (κ1) is 21.6. The van der Waals surface area contributed by atoms with Crippen molar-refractivity contribution in [1.82, 2.24) is 5.43 Å². The molecule has 0 aliphatic carbocycles. The van der Waals surface area contributed by atoms with E-state index in [1.807, 2.05) is 80.6 Å². The Bertz CT molecular complexity index is 1040. The Kier molecular flexibility index (Phi) is 7.63. The smallest absolute Gasteiger partial charge is 0.277 e. The van der Waals surface area contributed by atoms with Crippen molar-refractivity contribution in [3.05, 3.63) is 93.5 Å². The molecule has 0 radical (unpaired) electrons. The number of amides is 1. The summed E-state index contributed by atoms with van der Waals surface area (Å²) in [5.41, 5.74) is 6.36. The Hall–Kier alpha value is -3.12. The number of carbonyl (C=O) groups excluding carboxylic acids is 1. The molecule has 0 saturated carbocycles. The van der Waals surface area contributed by atoms with Crippen LogP contribution >= 0.6 is 15.9 Å². The van der Waals surface area contributed by atoms with Crippen LogP contribution in [-0.4, -0.2) is 18.7 Å². The van der Waals surface area contributed by atoms with E-state index in [1.54, 1.807) is 6.21 Å². The van der Waals surface area contributed by atoms with E-state index in [-0.39, 0.29) is 12.5 Å². The van der Waals surface area contributed by atoms with E-state index < -0.39 is 0 Å². The molecule has 0 atom stereocenters. The zero-order chi connectivity index (χ0) is 21.3. The molecule has 0 spiro atoms. The van der Waals surface area contributed by atoms with Gasteiger partial charge in [0, 0.05) is 10.0 Å². The molecular weight excluding hydrogens is 444 g/mol. The molecule has 0 fully saturated rings. The quantitative estimate of drug-likeness (QED) is 0.367. The third-order valence-electron chi connectivity index (χ3n) is 4.30. The summed E-state index contributed by atoms with van der Waals surface area (Å²) < 4.78 is 12.4. The van der Waals surface area contributed by atoms with Crippen LogP contribution < -0.4 is 14.9 Å². The molecule has 0 heterocycles. The van der Waals surface area contributed by atoms with Crippen molar-refractivity contribution in [1.29, 1.82) is 0 Å².